The highest BCUT2D eigenvalue weighted by Crippen LogP contribution is 2.20. The van der Waals surface area contributed by atoms with Crippen LogP contribution in [0.2, 0.25) is 0 Å². The van der Waals surface area contributed by atoms with Gasteiger partial charge in [-0.3, -0.25) is 19.8 Å². The van der Waals surface area contributed by atoms with Crippen molar-refractivity contribution in [3.05, 3.63) is 36.1 Å². The third kappa shape index (κ3) is 3.03. The number of hydrogen-bond acceptors (Lipinski definition) is 5. The van der Waals surface area contributed by atoms with E-state index in [9.17, 15) is 9.59 Å². The second-order valence-corrected chi connectivity index (χ2v) is 4.98. The van der Waals surface area contributed by atoms with E-state index in [1.807, 2.05) is 14.1 Å². The molecule has 2 amide bonds. The molecule has 2 rings (SSSR count). The van der Waals surface area contributed by atoms with Crippen molar-refractivity contribution in [1.82, 2.24) is 10.2 Å². The van der Waals surface area contributed by atoms with E-state index >= 15 is 0 Å². The first-order valence-electron chi connectivity index (χ1n) is 6.21. The van der Waals surface area contributed by atoms with Crippen molar-refractivity contribution in [2.45, 2.75) is 0 Å². The summed E-state index contributed by atoms with van der Waals surface area (Å²) >= 11 is 4.97. The number of carbonyl (C=O) groups is 2. The molecule has 21 heavy (non-hydrogen) atoms. The van der Waals surface area contributed by atoms with Gasteiger partial charge in [0.15, 0.2) is 11.0 Å². The first-order valence-corrected chi connectivity index (χ1v) is 6.61. The molecule has 1 saturated heterocycles. The fourth-order valence-electron chi connectivity index (χ4n) is 1.79. The van der Waals surface area contributed by atoms with Crippen molar-refractivity contribution in [2.75, 3.05) is 25.5 Å². The van der Waals surface area contributed by atoms with E-state index in [1.165, 1.54) is 17.1 Å². The standard InChI is InChI=1S/C14H15N3O3S/c1-4-7-17-13(19)10(12(18)15-14(17)21)8-9-5-6-11(20-9)16(2)3/h4-6,8H,1,7H2,2-3H3,(H,15,18,21)/b10-8+. The van der Waals surface area contributed by atoms with Crippen molar-refractivity contribution in [1.29, 1.82) is 0 Å². The molecular formula is C14H15N3O3S. The third-order valence-corrected chi connectivity index (χ3v) is 3.16. The average molecular weight is 305 g/mol. The molecule has 7 heteroatoms. The summed E-state index contributed by atoms with van der Waals surface area (Å²) in [6, 6.07) is 3.44. The van der Waals surface area contributed by atoms with Crippen LogP contribution >= 0.6 is 12.2 Å². The van der Waals surface area contributed by atoms with Crippen molar-refractivity contribution < 1.29 is 14.0 Å². The SMILES string of the molecule is C=CCN1C(=O)/C(=C/c2ccc(N(C)C)o2)C(=O)NC1=S. The first kappa shape index (κ1) is 15.0. The van der Waals surface area contributed by atoms with Crippen LogP contribution in [0.1, 0.15) is 5.76 Å². The fraction of sp³-hybridized carbons (Fsp3) is 0.214. The number of nitrogens with one attached hydrogen (secondary N) is 1. The number of thiocarbonyl (C=S) groups is 1. The average Bonchev–Trinajstić information content (AvgIpc) is 2.88. The molecule has 0 aliphatic carbocycles. The quantitative estimate of drug-likeness (QED) is 0.391. The Kier molecular flexibility index (Phi) is 4.23. The number of carbonyl (C=O) groups excluding carboxylic acids is 2. The normalized spacial score (nSPS) is 17.1. The van der Waals surface area contributed by atoms with Gasteiger partial charge >= 0.3 is 0 Å². The van der Waals surface area contributed by atoms with Gasteiger partial charge < -0.3 is 9.32 Å². The number of hydrogen-bond donors (Lipinski definition) is 1. The molecule has 1 N–H and O–H groups in total. The van der Waals surface area contributed by atoms with Gasteiger partial charge in [0.25, 0.3) is 11.8 Å². The second kappa shape index (κ2) is 5.92. The van der Waals surface area contributed by atoms with Gasteiger partial charge in [-0.2, -0.15) is 0 Å². The van der Waals surface area contributed by atoms with Gasteiger partial charge in [0.05, 0.1) is 0 Å². The first-order chi connectivity index (χ1) is 9.93. The predicted octanol–water partition coefficient (Wildman–Crippen LogP) is 1.16. The lowest BCUT2D eigenvalue weighted by Gasteiger charge is -2.27. The van der Waals surface area contributed by atoms with E-state index in [-0.39, 0.29) is 17.2 Å². The zero-order valence-corrected chi connectivity index (χ0v) is 12.6. The number of amides is 2. The lowest BCUT2D eigenvalue weighted by Crippen LogP contribution is -2.53. The number of rotatable bonds is 4. The third-order valence-electron chi connectivity index (χ3n) is 2.84. The van der Waals surface area contributed by atoms with E-state index in [0.29, 0.717) is 11.6 Å². The molecule has 0 unspecified atom stereocenters. The van der Waals surface area contributed by atoms with E-state index in [4.69, 9.17) is 16.6 Å². The summed E-state index contributed by atoms with van der Waals surface area (Å²) in [5.41, 5.74) is -0.0230. The Labute approximate surface area is 127 Å². The molecule has 1 aromatic rings. The van der Waals surface area contributed by atoms with Gasteiger partial charge in [-0.1, -0.05) is 6.08 Å². The Morgan fingerprint density at radius 3 is 2.71 bits per heavy atom. The molecule has 0 bridgehead atoms. The van der Waals surface area contributed by atoms with Crippen molar-refractivity contribution >= 4 is 41.1 Å². The van der Waals surface area contributed by atoms with Gasteiger partial charge in [-0.25, -0.2) is 0 Å². The molecule has 0 spiro atoms. The van der Waals surface area contributed by atoms with E-state index in [1.54, 1.807) is 17.0 Å². The zero-order valence-electron chi connectivity index (χ0n) is 11.8. The topological polar surface area (TPSA) is 65.8 Å². The largest absolute Gasteiger partial charge is 0.441 e. The van der Waals surface area contributed by atoms with Crippen molar-refractivity contribution in [3.63, 3.8) is 0 Å². The van der Waals surface area contributed by atoms with Crippen LogP contribution in [-0.2, 0) is 9.59 Å². The van der Waals surface area contributed by atoms with Gasteiger partial charge in [0.2, 0.25) is 0 Å². The smallest absolute Gasteiger partial charge is 0.266 e. The van der Waals surface area contributed by atoms with Crippen LogP contribution in [0, 0.1) is 0 Å². The predicted molar refractivity (Wildman–Crippen MR) is 83.7 cm³/mol. The van der Waals surface area contributed by atoms with Crippen LogP contribution in [0.5, 0.6) is 0 Å². The monoisotopic (exact) mass is 305 g/mol. The zero-order chi connectivity index (χ0) is 15.6. The van der Waals surface area contributed by atoms with Crippen LogP contribution in [0.4, 0.5) is 5.88 Å². The maximum absolute atomic E-state index is 12.3. The Hall–Kier alpha value is -2.41. The molecule has 110 valence electrons. The van der Waals surface area contributed by atoms with E-state index in [2.05, 4.69) is 11.9 Å². The van der Waals surface area contributed by atoms with Gasteiger partial charge in [0, 0.05) is 26.7 Å². The van der Waals surface area contributed by atoms with Crippen LogP contribution in [-0.4, -0.2) is 42.5 Å². The maximum atomic E-state index is 12.3. The second-order valence-electron chi connectivity index (χ2n) is 4.59. The highest BCUT2D eigenvalue weighted by molar-refractivity contribution is 7.80. The Morgan fingerprint density at radius 2 is 2.14 bits per heavy atom. The van der Waals surface area contributed by atoms with Crippen LogP contribution in [0.3, 0.4) is 0 Å². The molecular weight excluding hydrogens is 290 g/mol. The van der Waals surface area contributed by atoms with E-state index in [0.717, 1.165) is 0 Å². The molecule has 0 atom stereocenters. The summed E-state index contributed by atoms with van der Waals surface area (Å²) in [6.07, 6.45) is 2.94. The summed E-state index contributed by atoms with van der Waals surface area (Å²) in [7, 11) is 3.66. The number of nitrogens with zero attached hydrogens (tertiary/aromatic N) is 2. The Balaban J connectivity index is 2.33. The molecule has 1 aliphatic heterocycles. The summed E-state index contributed by atoms with van der Waals surface area (Å²) in [5.74, 6) is 0.0483. The number of furan rings is 1. The molecule has 1 aliphatic rings. The Morgan fingerprint density at radius 1 is 1.43 bits per heavy atom. The minimum Gasteiger partial charge on any atom is -0.441 e. The number of anilines is 1. The van der Waals surface area contributed by atoms with Gasteiger partial charge in [-0.15, -0.1) is 6.58 Å². The van der Waals surface area contributed by atoms with Crippen molar-refractivity contribution in [3.8, 4) is 0 Å². The lowest BCUT2D eigenvalue weighted by molar-refractivity contribution is -0.128. The molecule has 0 aromatic carbocycles. The van der Waals surface area contributed by atoms with Gasteiger partial charge in [0.1, 0.15) is 11.3 Å². The molecule has 2 heterocycles. The fourth-order valence-corrected chi connectivity index (χ4v) is 2.04. The summed E-state index contributed by atoms with van der Waals surface area (Å²) in [6.45, 7) is 3.80. The Bertz CT molecular complexity index is 646. The summed E-state index contributed by atoms with van der Waals surface area (Å²) in [5, 5.41) is 2.55. The molecule has 1 aromatic heterocycles. The molecule has 6 nitrogen and oxygen atoms in total. The highest BCUT2D eigenvalue weighted by Gasteiger charge is 2.32. The molecule has 0 radical (unpaired) electrons. The van der Waals surface area contributed by atoms with Crippen LogP contribution in [0.25, 0.3) is 6.08 Å². The lowest BCUT2D eigenvalue weighted by atomic mass is 10.1. The van der Waals surface area contributed by atoms with Gasteiger partial charge in [-0.05, 0) is 24.4 Å². The highest BCUT2D eigenvalue weighted by atomic mass is 32.1. The summed E-state index contributed by atoms with van der Waals surface area (Å²) < 4.78 is 5.51. The minimum absolute atomic E-state index is 0.0230. The van der Waals surface area contributed by atoms with E-state index < -0.39 is 11.8 Å². The minimum atomic E-state index is -0.534. The van der Waals surface area contributed by atoms with Crippen LogP contribution in [0.15, 0.2) is 34.8 Å². The summed E-state index contributed by atoms with van der Waals surface area (Å²) in [4.78, 5) is 27.3. The maximum Gasteiger partial charge on any atom is 0.266 e. The molecule has 1 fully saturated rings. The van der Waals surface area contributed by atoms with Crippen LogP contribution < -0.4 is 10.2 Å². The van der Waals surface area contributed by atoms with Crippen molar-refractivity contribution in [2.24, 2.45) is 0 Å². The molecule has 0 saturated carbocycles.